The predicted octanol–water partition coefficient (Wildman–Crippen LogP) is 1.16. The highest BCUT2D eigenvalue weighted by molar-refractivity contribution is 7.90. The quantitative estimate of drug-likeness (QED) is 0.170. The van der Waals surface area contributed by atoms with Gasteiger partial charge in [-0.25, -0.2) is 4.99 Å². The van der Waals surface area contributed by atoms with E-state index in [0.29, 0.717) is 16.8 Å². The van der Waals surface area contributed by atoms with Crippen molar-refractivity contribution in [1.29, 1.82) is 0 Å². The van der Waals surface area contributed by atoms with E-state index in [1.807, 2.05) is 30.3 Å². The van der Waals surface area contributed by atoms with Gasteiger partial charge in [-0.1, -0.05) is 54.3 Å². The van der Waals surface area contributed by atoms with E-state index >= 15 is 0 Å². The van der Waals surface area contributed by atoms with E-state index in [0.717, 1.165) is 11.1 Å². The van der Waals surface area contributed by atoms with Gasteiger partial charge in [0.05, 0.1) is 5.69 Å². The molecule has 0 fully saturated rings. The Labute approximate surface area is 203 Å². The van der Waals surface area contributed by atoms with E-state index in [-0.39, 0.29) is 24.8 Å². The van der Waals surface area contributed by atoms with E-state index in [1.165, 1.54) is 6.08 Å². The average molecular weight is 518 g/mol. The van der Waals surface area contributed by atoms with Crippen molar-refractivity contribution in [2.24, 2.45) is 27.2 Å². The Balaban J connectivity index is 2.06. The van der Waals surface area contributed by atoms with Crippen LogP contribution in [0.5, 0.6) is 0 Å². The smallest absolute Gasteiger partial charge is 0.269 e. The molecule has 11 nitrogen and oxygen atoms in total. The zero-order chi connectivity index (χ0) is 25.8. The van der Waals surface area contributed by atoms with Crippen LogP contribution in [0.2, 0.25) is 0 Å². The normalized spacial score (nSPS) is 18.7. The Morgan fingerprint density at radius 1 is 0.914 bits per heavy atom. The van der Waals surface area contributed by atoms with E-state index < -0.39 is 30.7 Å². The van der Waals surface area contributed by atoms with E-state index in [1.54, 1.807) is 18.2 Å². The summed E-state index contributed by atoms with van der Waals surface area (Å²) < 4.78 is 65.6. The molecule has 0 radical (unpaired) electrons. The maximum Gasteiger partial charge on any atom is 0.269 e. The lowest BCUT2D eigenvalue weighted by atomic mass is 9.96. The molecule has 0 aromatic heterocycles. The summed E-state index contributed by atoms with van der Waals surface area (Å²) >= 11 is 0. The number of nitrogens with zero attached hydrogens (tertiary/aromatic N) is 2. The molecule has 0 amide bonds. The molecular weight excluding hydrogens is 494 g/mol. The molecule has 2 aromatic carbocycles. The molecular formula is C22H23N5O6S2. The zero-order valence-electron chi connectivity index (χ0n) is 18.2. The summed E-state index contributed by atoms with van der Waals surface area (Å²) in [5, 5.41) is -3.42. The maximum absolute atomic E-state index is 11.8. The summed E-state index contributed by atoms with van der Waals surface area (Å²) in [6.45, 7) is 0. The number of benzene rings is 2. The number of hydrogen-bond acceptors (Lipinski definition) is 5. The fourth-order valence-electron chi connectivity index (χ4n) is 3.57. The largest absolute Gasteiger partial charge is 0.370 e. The molecule has 2 atom stereocenters. The van der Waals surface area contributed by atoms with Crippen molar-refractivity contribution in [3.63, 3.8) is 0 Å². The second-order valence-electron chi connectivity index (χ2n) is 7.63. The second kappa shape index (κ2) is 10.3. The first-order valence-corrected chi connectivity index (χ1v) is 13.1. The van der Waals surface area contributed by atoms with Crippen LogP contribution < -0.4 is 17.2 Å². The lowest BCUT2D eigenvalue weighted by Gasteiger charge is -2.25. The third kappa shape index (κ3) is 6.90. The molecule has 35 heavy (non-hydrogen) atoms. The zero-order valence-corrected chi connectivity index (χ0v) is 19.9. The molecule has 8 N–H and O–H groups in total. The Kier molecular flexibility index (Phi) is 7.61. The third-order valence-corrected chi connectivity index (χ3v) is 7.85. The van der Waals surface area contributed by atoms with Crippen LogP contribution in [0.1, 0.15) is 18.4 Å². The Bertz CT molecular complexity index is 1480. The summed E-state index contributed by atoms with van der Waals surface area (Å²) in [5.74, 6) is 5.38. The van der Waals surface area contributed by atoms with Gasteiger partial charge >= 0.3 is 0 Å². The lowest BCUT2D eigenvalue weighted by Crippen LogP contribution is -2.41. The van der Waals surface area contributed by atoms with E-state index in [2.05, 4.69) is 21.8 Å². The molecule has 13 heteroatoms. The highest BCUT2D eigenvalue weighted by atomic mass is 32.2. The molecule has 0 aliphatic heterocycles. The average Bonchev–Trinajstić information content (AvgIpc) is 2.76. The Morgan fingerprint density at radius 2 is 1.57 bits per heavy atom. The van der Waals surface area contributed by atoms with Gasteiger partial charge in [-0.2, -0.15) is 21.8 Å². The van der Waals surface area contributed by atoms with Crippen molar-refractivity contribution in [2.45, 2.75) is 23.3 Å². The van der Waals surface area contributed by atoms with E-state index in [4.69, 9.17) is 17.2 Å². The molecule has 2 aromatic rings. The number of hydrogen-bond donors (Lipinski definition) is 5. The fourth-order valence-corrected chi connectivity index (χ4v) is 6.11. The monoisotopic (exact) mass is 517 g/mol. The van der Waals surface area contributed by atoms with Crippen LogP contribution in [0.3, 0.4) is 0 Å². The number of aliphatic imine (C=N–C) groups is 2. The summed E-state index contributed by atoms with van der Waals surface area (Å²) in [6, 6.07) is 14.4. The van der Waals surface area contributed by atoms with Gasteiger partial charge in [0.1, 0.15) is 10.5 Å². The van der Waals surface area contributed by atoms with Gasteiger partial charge in [0.15, 0.2) is 5.96 Å². The van der Waals surface area contributed by atoms with Crippen LogP contribution in [0.25, 0.3) is 11.1 Å². The van der Waals surface area contributed by atoms with Crippen LogP contribution in [0, 0.1) is 11.8 Å². The Hall–Kier alpha value is -3.70. The van der Waals surface area contributed by atoms with Crippen LogP contribution in [-0.4, -0.2) is 48.4 Å². The van der Waals surface area contributed by atoms with Crippen molar-refractivity contribution >= 4 is 37.8 Å². The molecule has 0 saturated carbocycles. The lowest BCUT2D eigenvalue weighted by molar-refractivity contribution is 0.433. The van der Waals surface area contributed by atoms with Gasteiger partial charge in [-0.15, -0.1) is 0 Å². The first-order valence-electron chi connectivity index (χ1n) is 10.1. The van der Waals surface area contributed by atoms with Crippen LogP contribution in [-0.2, 0) is 20.2 Å². The van der Waals surface area contributed by atoms with Crippen molar-refractivity contribution < 1.29 is 25.9 Å². The number of rotatable bonds is 4. The SMILES string of the molecule is NC(N)=NC(N)=Nc1ccc(-c2ccccc2)c(C#CC2=CC[C@H](S(=O)(=O)O)[C@H](S(=O)(=O)O)C2)c1. The van der Waals surface area contributed by atoms with Crippen molar-refractivity contribution in [3.8, 4) is 23.0 Å². The van der Waals surface area contributed by atoms with Gasteiger partial charge in [0, 0.05) is 12.0 Å². The molecule has 1 aliphatic carbocycles. The highest BCUT2D eigenvalue weighted by Gasteiger charge is 2.42. The fraction of sp³-hybridized carbons (Fsp3) is 0.182. The summed E-state index contributed by atoms with van der Waals surface area (Å²) in [5.41, 5.74) is 19.1. The van der Waals surface area contributed by atoms with Gasteiger partial charge in [0.25, 0.3) is 20.2 Å². The number of nitrogens with two attached hydrogens (primary N) is 3. The maximum atomic E-state index is 11.8. The van der Waals surface area contributed by atoms with Crippen LogP contribution >= 0.6 is 0 Å². The molecule has 3 rings (SSSR count). The van der Waals surface area contributed by atoms with Gasteiger partial charge in [-0.05, 0) is 35.3 Å². The standard InChI is InChI=1S/C22H23N5O6S2/c23-21(24)27-22(25)26-17-9-10-18(15-4-2-1-3-5-15)16(13-17)8-6-14-7-11-19(34(28,29)30)20(12-14)35(31,32)33/h1-5,7,9-10,13,19-20H,11-12H2,(H,28,29,30)(H,31,32,33)(H6,23,24,25,26,27)/t19-,20+/m0/s1. The predicted molar refractivity (Wildman–Crippen MR) is 134 cm³/mol. The van der Waals surface area contributed by atoms with Crippen molar-refractivity contribution in [1.82, 2.24) is 0 Å². The minimum absolute atomic E-state index is 0.168. The summed E-state index contributed by atoms with van der Waals surface area (Å²) in [6.07, 6.45) is 0.721. The molecule has 0 saturated heterocycles. The van der Waals surface area contributed by atoms with E-state index in [9.17, 15) is 25.9 Å². The minimum Gasteiger partial charge on any atom is -0.370 e. The molecule has 0 unspecified atom stereocenters. The molecule has 0 bridgehead atoms. The van der Waals surface area contributed by atoms with Crippen molar-refractivity contribution in [3.05, 3.63) is 65.7 Å². The van der Waals surface area contributed by atoms with Crippen LogP contribution in [0.4, 0.5) is 5.69 Å². The summed E-state index contributed by atoms with van der Waals surface area (Å²) in [4.78, 5) is 7.79. The first-order chi connectivity index (χ1) is 16.3. The number of guanidine groups is 2. The Morgan fingerprint density at radius 3 is 2.17 bits per heavy atom. The topological polar surface area (TPSA) is 212 Å². The molecule has 184 valence electrons. The first kappa shape index (κ1) is 25.9. The molecule has 0 spiro atoms. The van der Waals surface area contributed by atoms with Gasteiger partial charge in [-0.3, -0.25) is 9.11 Å². The molecule has 1 aliphatic rings. The van der Waals surface area contributed by atoms with Gasteiger partial charge < -0.3 is 17.2 Å². The van der Waals surface area contributed by atoms with Crippen molar-refractivity contribution in [2.75, 3.05) is 0 Å². The van der Waals surface area contributed by atoms with Crippen LogP contribution in [0.15, 0.2) is 70.2 Å². The number of allylic oxidation sites excluding steroid dienone is 2. The second-order valence-corrected chi connectivity index (χ2v) is 10.9. The van der Waals surface area contributed by atoms with Gasteiger partial charge in [0.2, 0.25) is 5.96 Å². The third-order valence-electron chi connectivity index (χ3n) is 5.13. The minimum atomic E-state index is -4.77. The molecule has 0 heterocycles. The highest BCUT2D eigenvalue weighted by Crippen LogP contribution is 2.30. The summed E-state index contributed by atoms with van der Waals surface area (Å²) in [7, 11) is -9.47.